The van der Waals surface area contributed by atoms with Crippen molar-refractivity contribution < 1.29 is 9.52 Å². The van der Waals surface area contributed by atoms with Crippen LogP contribution >= 0.6 is 23.4 Å². The molecule has 0 aliphatic rings. The lowest BCUT2D eigenvalue weighted by molar-refractivity contribution is 0.284. The van der Waals surface area contributed by atoms with Crippen molar-refractivity contribution in [1.82, 2.24) is 0 Å². The summed E-state index contributed by atoms with van der Waals surface area (Å²) in [5.41, 5.74) is 0. The summed E-state index contributed by atoms with van der Waals surface area (Å²) in [4.78, 5) is 0.944. The molecular weight excluding hydrogens is 244 g/mol. The molecule has 0 aliphatic carbocycles. The number of thioether (sulfide) groups is 1. The van der Waals surface area contributed by atoms with E-state index in [0.717, 1.165) is 10.7 Å². The molecule has 0 saturated heterocycles. The van der Waals surface area contributed by atoms with Crippen LogP contribution in [0.3, 0.4) is 0 Å². The standard InChI is InChI=1S/C12H11ClO2S/c13-9-4-1-2-6-11(9)16-12(8-14)10-5-3-7-15-10/h1-7,12,14H,8H2/t12-/m1/s1. The second-order valence-corrected chi connectivity index (χ2v) is 4.89. The maximum atomic E-state index is 9.33. The molecule has 2 aromatic rings. The third-order valence-electron chi connectivity index (χ3n) is 2.13. The van der Waals surface area contributed by atoms with Gasteiger partial charge in [0.25, 0.3) is 0 Å². The van der Waals surface area contributed by atoms with Gasteiger partial charge in [0.2, 0.25) is 0 Å². The molecule has 2 nitrogen and oxygen atoms in total. The Bertz CT molecular complexity index is 442. The van der Waals surface area contributed by atoms with Crippen molar-refractivity contribution in [3.05, 3.63) is 53.4 Å². The highest BCUT2D eigenvalue weighted by Gasteiger charge is 2.16. The highest BCUT2D eigenvalue weighted by molar-refractivity contribution is 7.99. The van der Waals surface area contributed by atoms with Gasteiger partial charge in [-0.3, -0.25) is 0 Å². The molecule has 0 aliphatic heterocycles. The molecule has 2 rings (SSSR count). The molecule has 0 saturated carbocycles. The second kappa shape index (κ2) is 5.43. The zero-order chi connectivity index (χ0) is 11.4. The van der Waals surface area contributed by atoms with Crippen LogP contribution in [0.2, 0.25) is 5.02 Å². The number of halogens is 1. The van der Waals surface area contributed by atoms with Crippen LogP contribution in [0.15, 0.2) is 52.0 Å². The number of aliphatic hydroxyl groups excluding tert-OH is 1. The molecule has 0 unspecified atom stereocenters. The van der Waals surface area contributed by atoms with Crippen LogP contribution < -0.4 is 0 Å². The number of rotatable bonds is 4. The van der Waals surface area contributed by atoms with Gasteiger partial charge in [0.1, 0.15) is 5.76 Å². The van der Waals surface area contributed by atoms with E-state index in [-0.39, 0.29) is 11.9 Å². The fraction of sp³-hybridized carbons (Fsp3) is 0.167. The Morgan fingerprint density at radius 2 is 2.06 bits per heavy atom. The van der Waals surface area contributed by atoms with Crippen LogP contribution in [0.4, 0.5) is 0 Å². The van der Waals surface area contributed by atoms with Gasteiger partial charge in [-0.05, 0) is 24.3 Å². The number of aliphatic hydroxyl groups is 1. The predicted molar refractivity (Wildman–Crippen MR) is 65.8 cm³/mol. The normalized spacial score (nSPS) is 12.6. The van der Waals surface area contributed by atoms with E-state index in [1.54, 1.807) is 6.26 Å². The van der Waals surface area contributed by atoms with E-state index in [1.165, 1.54) is 11.8 Å². The summed E-state index contributed by atoms with van der Waals surface area (Å²) in [6.07, 6.45) is 1.60. The molecule has 0 radical (unpaired) electrons. The van der Waals surface area contributed by atoms with Gasteiger partial charge in [-0.15, -0.1) is 11.8 Å². The van der Waals surface area contributed by atoms with Gasteiger partial charge in [0.15, 0.2) is 0 Å². The monoisotopic (exact) mass is 254 g/mol. The third-order valence-corrected chi connectivity index (χ3v) is 3.85. The Morgan fingerprint density at radius 3 is 2.69 bits per heavy atom. The van der Waals surface area contributed by atoms with E-state index in [4.69, 9.17) is 16.0 Å². The van der Waals surface area contributed by atoms with Crippen LogP contribution in [0.25, 0.3) is 0 Å². The van der Waals surface area contributed by atoms with E-state index >= 15 is 0 Å². The topological polar surface area (TPSA) is 33.4 Å². The smallest absolute Gasteiger partial charge is 0.119 e. The van der Waals surface area contributed by atoms with Crippen molar-refractivity contribution in [3.8, 4) is 0 Å². The van der Waals surface area contributed by atoms with Crippen molar-refractivity contribution >= 4 is 23.4 Å². The zero-order valence-corrected chi connectivity index (χ0v) is 10.0. The summed E-state index contributed by atoms with van der Waals surface area (Å²) < 4.78 is 5.27. The molecule has 0 amide bonds. The fourth-order valence-corrected chi connectivity index (χ4v) is 2.59. The fourth-order valence-electron chi connectivity index (χ4n) is 1.35. The van der Waals surface area contributed by atoms with E-state index in [9.17, 15) is 5.11 Å². The molecular formula is C12H11ClO2S. The first-order valence-corrected chi connectivity index (χ1v) is 6.12. The first kappa shape index (κ1) is 11.6. The molecule has 16 heavy (non-hydrogen) atoms. The highest BCUT2D eigenvalue weighted by Crippen LogP contribution is 2.38. The van der Waals surface area contributed by atoms with E-state index in [1.807, 2.05) is 36.4 Å². The average molecular weight is 255 g/mol. The predicted octanol–water partition coefficient (Wildman–Crippen LogP) is 3.76. The average Bonchev–Trinajstić information content (AvgIpc) is 2.81. The van der Waals surface area contributed by atoms with Crippen molar-refractivity contribution in [2.75, 3.05) is 6.61 Å². The number of hydrogen-bond acceptors (Lipinski definition) is 3. The quantitative estimate of drug-likeness (QED) is 0.844. The lowest BCUT2D eigenvalue weighted by Gasteiger charge is -2.11. The third kappa shape index (κ3) is 2.61. The van der Waals surface area contributed by atoms with Gasteiger partial charge in [-0.1, -0.05) is 23.7 Å². The van der Waals surface area contributed by atoms with Crippen LogP contribution in [0, 0.1) is 0 Å². The van der Waals surface area contributed by atoms with E-state index < -0.39 is 0 Å². The minimum atomic E-state index is -0.116. The first-order valence-electron chi connectivity index (χ1n) is 4.86. The van der Waals surface area contributed by atoms with Crippen molar-refractivity contribution in [2.45, 2.75) is 10.1 Å². The molecule has 1 atom stereocenters. The molecule has 84 valence electrons. The van der Waals surface area contributed by atoms with Crippen LogP contribution in [-0.2, 0) is 0 Å². The van der Waals surface area contributed by atoms with Gasteiger partial charge in [0, 0.05) is 4.90 Å². The Balaban J connectivity index is 2.17. The molecule has 1 aromatic heterocycles. The Morgan fingerprint density at radius 1 is 1.25 bits per heavy atom. The van der Waals surface area contributed by atoms with E-state index in [0.29, 0.717) is 5.02 Å². The van der Waals surface area contributed by atoms with Crippen molar-refractivity contribution in [3.63, 3.8) is 0 Å². The lowest BCUT2D eigenvalue weighted by Crippen LogP contribution is -1.97. The summed E-state index contributed by atoms with van der Waals surface area (Å²) in [5, 5.41) is 9.90. The maximum Gasteiger partial charge on any atom is 0.119 e. The molecule has 0 spiro atoms. The van der Waals surface area contributed by atoms with Crippen molar-refractivity contribution in [1.29, 1.82) is 0 Å². The highest BCUT2D eigenvalue weighted by atomic mass is 35.5. The molecule has 1 N–H and O–H groups in total. The van der Waals surface area contributed by atoms with Gasteiger partial charge in [-0.25, -0.2) is 0 Å². The van der Waals surface area contributed by atoms with E-state index in [2.05, 4.69) is 0 Å². The van der Waals surface area contributed by atoms with Crippen LogP contribution in [-0.4, -0.2) is 11.7 Å². The lowest BCUT2D eigenvalue weighted by atomic mass is 10.3. The number of furan rings is 1. The molecule has 0 bridgehead atoms. The van der Waals surface area contributed by atoms with Crippen molar-refractivity contribution in [2.24, 2.45) is 0 Å². The Kier molecular flexibility index (Phi) is 3.93. The summed E-state index contributed by atoms with van der Waals surface area (Å²) in [5.74, 6) is 0.757. The largest absolute Gasteiger partial charge is 0.468 e. The Labute approximate surface area is 103 Å². The minimum Gasteiger partial charge on any atom is -0.468 e. The molecule has 1 heterocycles. The minimum absolute atomic E-state index is 0.0173. The summed E-state index contributed by atoms with van der Waals surface area (Å²) in [7, 11) is 0. The maximum absolute atomic E-state index is 9.33. The molecule has 4 heteroatoms. The molecule has 0 fully saturated rings. The summed E-state index contributed by atoms with van der Waals surface area (Å²) in [6.45, 7) is 0.0173. The van der Waals surface area contributed by atoms with Crippen LogP contribution in [0.1, 0.15) is 11.0 Å². The summed E-state index contributed by atoms with van der Waals surface area (Å²) >= 11 is 7.55. The Hall–Kier alpha value is -0.900. The van der Waals surface area contributed by atoms with Gasteiger partial charge in [0.05, 0.1) is 23.1 Å². The summed E-state index contributed by atoms with van der Waals surface area (Å²) in [6, 6.07) is 11.2. The zero-order valence-electron chi connectivity index (χ0n) is 8.47. The second-order valence-electron chi connectivity index (χ2n) is 3.23. The first-order chi connectivity index (χ1) is 7.81. The van der Waals surface area contributed by atoms with Crippen LogP contribution in [0.5, 0.6) is 0 Å². The number of hydrogen-bond donors (Lipinski definition) is 1. The number of benzene rings is 1. The van der Waals surface area contributed by atoms with Gasteiger partial charge < -0.3 is 9.52 Å². The van der Waals surface area contributed by atoms with Gasteiger partial charge >= 0.3 is 0 Å². The molecule has 1 aromatic carbocycles. The van der Waals surface area contributed by atoms with Gasteiger partial charge in [-0.2, -0.15) is 0 Å². The SMILES string of the molecule is OC[C@@H](Sc1ccccc1Cl)c1ccco1.